The second-order valence-corrected chi connectivity index (χ2v) is 11.5. The van der Waals surface area contributed by atoms with Crippen molar-refractivity contribution in [3.8, 4) is 5.75 Å². The third kappa shape index (κ3) is 3.27. The Morgan fingerprint density at radius 1 is 1.10 bits per heavy atom. The molecule has 2 aromatic carbocycles. The molecule has 1 unspecified atom stereocenters. The van der Waals surface area contributed by atoms with E-state index >= 15 is 0 Å². The van der Waals surface area contributed by atoms with Gasteiger partial charge in [0.1, 0.15) is 27.8 Å². The molecule has 10 nitrogen and oxygen atoms in total. The number of hydrogen-bond acceptors (Lipinski definition) is 10. The predicted molar refractivity (Wildman–Crippen MR) is 142 cm³/mol. The Hall–Kier alpha value is -4.06. The van der Waals surface area contributed by atoms with Crippen molar-refractivity contribution in [3.63, 3.8) is 0 Å². The van der Waals surface area contributed by atoms with Crippen LogP contribution in [0.25, 0.3) is 16.0 Å². The average Bonchev–Trinajstić information content (AvgIpc) is 3.29. The maximum Gasteiger partial charge on any atom is 0.255 e. The monoisotopic (exact) mass is 547 g/mol. The van der Waals surface area contributed by atoms with Crippen molar-refractivity contribution in [2.24, 2.45) is 17.6 Å². The number of benzene rings is 2. The zero-order valence-corrected chi connectivity index (χ0v) is 21.8. The van der Waals surface area contributed by atoms with Crippen LogP contribution in [-0.4, -0.2) is 73.5 Å². The molecule has 3 aliphatic rings. The van der Waals surface area contributed by atoms with Crippen LogP contribution in [0.3, 0.4) is 0 Å². The number of phenolic OH excluding ortho intramolecular Hbond substituents is 1. The fourth-order valence-corrected chi connectivity index (χ4v) is 7.71. The van der Waals surface area contributed by atoms with E-state index in [1.54, 1.807) is 26.2 Å². The second-order valence-electron chi connectivity index (χ2n) is 10.4. The van der Waals surface area contributed by atoms with Crippen LogP contribution in [0, 0.1) is 11.8 Å². The molecule has 1 heterocycles. The number of para-hydroxylation sites is 1. The van der Waals surface area contributed by atoms with E-state index in [9.17, 15) is 34.8 Å². The van der Waals surface area contributed by atoms with Gasteiger partial charge in [0.2, 0.25) is 5.78 Å². The largest absolute Gasteiger partial charge is 0.508 e. The van der Waals surface area contributed by atoms with Crippen LogP contribution in [0.15, 0.2) is 59.4 Å². The normalized spacial score (nSPS) is 28.5. The number of carbonyl (C=O) groups excluding carboxylic acids is 3. The van der Waals surface area contributed by atoms with Crippen LogP contribution in [0.4, 0.5) is 0 Å². The number of fused-ring (bicyclic) bond motifs is 4. The fraction of sp³-hybridized carbons (Fsp3) is 0.286. The predicted octanol–water partition coefficient (Wildman–Crippen LogP) is 2.16. The van der Waals surface area contributed by atoms with Gasteiger partial charge in [-0.05, 0) is 44.3 Å². The van der Waals surface area contributed by atoms with E-state index in [0.717, 1.165) is 10.2 Å². The fourth-order valence-electron chi connectivity index (χ4n) is 6.56. The SMILES string of the molecule is CN(C)[C@@H]1C(=O)C(C(N)=O)=C(O)[C@@]2(O)C(=O)C3=C(O)c4c(O)cccc4[C@H](c4nc5ccccc5s4)C3C[C@@H]12. The summed E-state index contributed by atoms with van der Waals surface area (Å²) in [5, 5.41) is 45.7. The van der Waals surface area contributed by atoms with Gasteiger partial charge in [-0.2, -0.15) is 0 Å². The number of aromatic hydroxyl groups is 1. The lowest BCUT2D eigenvalue weighted by Crippen LogP contribution is -2.66. The Kier molecular flexibility index (Phi) is 5.48. The Labute approximate surface area is 226 Å². The minimum Gasteiger partial charge on any atom is -0.508 e. The molecule has 3 aromatic rings. The Bertz CT molecular complexity index is 1640. The van der Waals surface area contributed by atoms with E-state index in [1.165, 1.54) is 22.3 Å². The van der Waals surface area contributed by atoms with Gasteiger partial charge in [0.15, 0.2) is 11.4 Å². The summed E-state index contributed by atoms with van der Waals surface area (Å²) < 4.78 is 0.902. The summed E-state index contributed by atoms with van der Waals surface area (Å²) in [7, 11) is 3.13. The van der Waals surface area contributed by atoms with Crippen LogP contribution >= 0.6 is 11.3 Å². The van der Waals surface area contributed by atoms with Crippen LogP contribution in [0.2, 0.25) is 0 Å². The molecule has 200 valence electrons. The van der Waals surface area contributed by atoms with E-state index in [4.69, 9.17) is 10.7 Å². The number of Topliss-reactive ketones (excluding diaryl/α,β-unsaturated/α-hetero) is 2. The number of rotatable bonds is 3. The van der Waals surface area contributed by atoms with Crippen LogP contribution in [0.1, 0.15) is 28.5 Å². The van der Waals surface area contributed by atoms with Crippen molar-refractivity contribution in [2.75, 3.05) is 14.1 Å². The molecule has 1 amide bonds. The molecule has 0 aliphatic heterocycles. The highest BCUT2D eigenvalue weighted by Crippen LogP contribution is 2.58. The van der Waals surface area contributed by atoms with Gasteiger partial charge >= 0.3 is 0 Å². The highest BCUT2D eigenvalue weighted by atomic mass is 32.1. The molecule has 1 saturated carbocycles. The highest BCUT2D eigenvalue weighted by Gasteiger charge is 2.65. The molecule has 39 heavy (non-hydrogen) atoms. The molecule has 0 bridgehead atoms. The first kappa shape index (κ1) is 25.2. The van der Waals surface area contributed by atoms with E-state index in [-0.39, 0.29) is 23.3 Å². The zero-order valence-electron chi connectivity index (χ0n) is 21.0. The molecule has 11 heteroatoms. The molecule has 6 N–H and O–H groups in total. The van der Waals surface area contributed by atoms with Crippen molar-refractivity contribution in [1.29, 1.82) is 0 Å². The minimum absolute atomic E-state index is 0.0258. The molecule has 0 spiro atoms. The average molecular weight is 548 g/mol. The number of phenols is 1. The van der Waals surface area contributed by atoms with Gasteiger partial charge in [0.25, 0.3) is 5.91 Å². The van der Waals surface area contributed by atoms with E-state index in [2.05, 4.69) is 0 Å². The van der Waals surface area contributed by atoms with E-state index < -0.39 is 64.0 Å². The highest BCUT2D eigenvalue weighted by molar-refractivity contribution is 7.18. The first-order valence-electron chi connectivity index (χ1n) is 12.3. The third-order valence-electron chi connectivity index (χ3n) is 8.18. The van der Waals surface area contributed by atoms with Gasteiger partial charge in [-0.1, -0.05) is 24.3 Å². The Morgan fingerprint density at radius 2 is 1.82 bits per heavy atom. The van der Waals surface area contributed by atoms with Gasteiger partial charge in [-0.15, -0.1) is 11.3 Å². The minimum atomic E-state index is -2.70. The molecule has 3 aliphatic carbocycles. The first-order chi connectivity index (χ1) is 18.5. The summed E-state index contributed by atoms with van der Waals surface area (Å²) >= 11 is 1.40. The van der Waals surface area contributed by atoms with Gasteiger partial charge in [-0.3, -0.25) is 19.3 Å². The number of nitrogens with two attached hydrogens (primary N) is 1. The second kappa shape index (κ2) is 8.47. The summed E-state index contributed by atoms with van der Waals surface area (Å²) in [5.74, 6) is -7.61. The number of nitrogens with zero attached hydrogens (tertiary/aromatic N) is 2. The first-order valence-corrected chi connectivity index (χ1v) is 13.1. The van der Waals surface area contributed by atoms with Gasteiger partial charge in [0, 0.05) is 23.3 Å². The lowest BCUT2D eigenvalue weighted by Gasteiger charge is -2.51. The maximum absolute atomic E-state index is 14.2. The molecule has 5 atom stereocenters. The third-order valence-corrected chi connectivity index (χ3v) is 9.30. The quantitative estimate of drug-likeness (QED) is 0.308. The number of carbonyl (C=O) groups is 3. The number of aliphatic hydroxyl groups is 3. The lowest BCUT2D eigenvalue weighted by molar-refractivity contribution is -0.154. The van der Waals surface area contributed by atoms with Gasteiger partial charge < -0.3 is 26.2 Å². The summed E-state index contributed by atoms with van der Waals surface area (Å²) in [6.07, 6.45) is -0.0258. The standard InChI is InChI=1S/C28H25N3O7S/c1-31(2)21-13-10-12-17(27-30-14-7-3-4-9-16(14)39-27)11-6-5-8-15(32)18(11)22(33)19(12)24(35)28(13,38)25(36)20(23(21)34)26(29)37/h3-9,12-13,17,21,32-33,36,38H,10H2,1-2H3,(H2,29,37)/t12?,13-,17-,21-,28-/m0/s1. The zero-order chi connectivity index (χ0) is 28.0. The van der Waals surface area contributed by atoms with Crippen LogP contribution in [-0.2, 0) is 14.4 Å². The summed E-state index contributed by atoms with van der Waals surface area (Å²) in [6, 6.07) is 11.1. The molecule has 1 aromatic heterocycles. The molecule has 0 saturated heterocycles. The van der Waals surface area contributed by atoms with Crippen molar-refractivity contribution in [3.05, 3.63) is 75.5 Å². The molecule has 0 radical (unpaired) electrons. The number of thiazole rings is 1. The summed E-state index contributed by atoms with van der Waals surface area (Å²) in [4.78, 5) is 46.0. The Balaban J connectivity index is 1.64. The maximum atomic E-state index is 14.2. The Morgan fingerprint density at radius 3 is 2.49 bits per heavy atom. The van der Waals surface area contributed by atoms with Crippen molar-refractivity contribution in [2.45, 2.75) is 24.0 Å². The number of amides is 1. The van der Waals surface area contributed by atoms with Crippen molar-refractivity contribution < 1.29 is 34.8 Å². The number of aromatic nitrogens is 1. The smallest absolute Gasteiger partial charge is 0.255 e. The number of aliphatic hydroxyl groups excluding tert-OH is 2. The molecule has 1 fully saturated rings. The number of ketones is 2. The van der Waals surface area contributed by atoms with Crippen molar-refractivity contribution >= 4 is 44.8 Å². The van der Waals surface area contributed by atoms with Crippen molar-refractivity contribution in [1.82, 2.24) is 9.88 Å². The van der Waals surface area contributed by atoms with Gasteiger partial charge in [-0.25, -0.2) is 4.98 Å². The number of likely N-dealkylation sites (N-methyl/N-ethyl adjacent to an activating group) is 1. The van der Waals surface area contributed by atoms with Gasteiger partial charge in [0.05, 0.1) is 21.8 Å². The number of hydrogen-bond donors (Lipinski definition) is 5. The molecular weight excluding hydrogens is 522 g/mol. The molecule has 6 rings (SSSR count). The summed E-state index contributed by atoms with van der Waals surface area (Å²) in [5.41, 5.74) is 2.94. The number of primary amides is 1. The summed E-state index contributed by atoms with van der Waals surface area (Å²) in [6.45, 7) is 0. The lowest BCUT2D eigenvalue weighted by atomic mass is 9.55. The van der Waals surface area contributed by atoms with E-state index in [1.807, 2.05) is 24.3 Å². The topological polar surface area (TPSA) is 174 Å². The molecular formula is C28H25N3O7S. The van der Waals surface area contributed by atoms with Crippen LogP contribution < -0.4 is 5.73 Å². The van der Waals surface area contributed by atoms with E-state index in [0.29, 0.717) is 10.6 Å². The van der Waals surface area contributed by atoms with Crippen LogP contribution in [0.5, 0.6) is 5.75 Å².